The van der Waals surface area contributed by atoms with E-state index >= 15 is 0 Å². The molecule has 0 amide bonds. The Bertz CT molecular complexity index is 380. The van der Waals surface area contributed by atoms with Crippen LogP contribution in [0.2, 0.25) is 0 Å². The van der Waals surface area contributed by atoms with Crippen molar-refractivity contribution in [3.05, 3.63) is 35.4 Å². The Labute approximate surface area is 98.3 Å². The summed E-state index contributed by atoms with van der Waals surface area (Å²) in [6, 6.07) is 3.52. The lowest BCUT2D eigenvalue weighted by Gasteiger charge is -2.20. The van der Waals surface area contributed by atoms with Crippen LogP contribution in [0.3, 0.4) is 0 Å². The molecule has 1 aliphatic heterocycles. The summed E-state index contributed by atoms with van der Waals surface area (Å²) >= 11 is 0. The van der Waals surface area contributed by atoms with Gasteiger partial charge in [0, 0.05) is 19.6 Å². The molecule has 2 N–H and O–H groups in total. The van der Waals surface area contributed by atoms with Gasteiger partial charge in [-0.15, -0.1) is 0 Å². The fraction of sp³-hybridized carbons (Fsp3) is 0.500. The van der Waals surface area contributed by atoms with Crippen molar-refractivity contribution in [2.45, 2.75) is 18.6 Å². The number of benzene rings is 1. The minimum absolute atomic E-state index is 0.134. The Hall–Kier alpha value is -1.04. The van der Waals surface area contributed by atoms with Crippen molar-refractivity contribution in [1.82, 2.24) is 4.90 Å². The summed E-state index contributed by atoms with van der Waals surface area (Å²) in [5, 5.41) is 19.1. The van der Waals surface area contributed by atoms with Crippen LogP contribution >= 0.6 is 0 Å². The molecule has 1 fully saturated rings. The van der Waals surface area contributed by atoms with E-state index in [1.165, 1.54) is 6.07 Å². The first kappa shape index (κ1) is 12.4. The molecule has 1 heterocycles. The van der Waals surface area contributed by atoms with Gasteiger partial charge in [-0.1, -0.05) is 6.07 Å². The molecule has 0 radical (unpaired) electrons. The van der Waals surface area contributed by atoms with Crippen LogP contribution in [0.15, 0.2) is 18.2 Å². The van der Waals surface area contributed by atoms with E-state index in [1.807, 2.05) is 0 Å². The van der Waals surface area contributed by atoms with Crippen molar-refractivity contribution in [2.75, 3.05) is 19.6 Å². The average Bonchev–Trinajstić information content (AvgIpc) is 2.63. The zero-order valence-electron chi connectivity index (χ0n) is 9.31. The van der Waals surface area contributed by atoms with Crippen LogP contribution in [0.1, 0.15) is 18.1 Å². The number of aliphatic hydroxyl groups excluding tert-OH is 2. The molecule has 0 bridgehead atoms. The van der Waals surface area contributed by atoms with E-state index in [1.54, 1.807) is 4.90 Å². The maximum atomic E-state index is 13.4. The second kappa shape index (κ2) is 5.08. The van der Waals surface area contributed by atoms with Gasteiger partial charge >= 0.3 is 0 Å². The number of halogens is 2. The lowest BCUT2D eigenvalue weighted by atomic mass is 10.1. The van der Waals surface area contributed by atoms with Crippen molar-refractivity contribution in [3.63, 3.8) is 0 Å². The third-order valence-electron chi connectivity index (χ3n) is 3.01. The minimum Gasteiger partial charge on any atom is -0.392 e. The Morgan fingerprint density at radius 2 is 2.00 bits per heavy atom. The normalized spacial score (nSPS) is 22.9. The zero-order chi connectivity index (χ0) is 12.4. The maximum Gasteiger partial charge on any atom is 0.131 e. The average molecular weight is 243 g/mol. The molecule has 0 saturated carbocycles. The van der Waals surface area contributed by atoms with Crippen LogP contribution in [0.25, 0.3) is 0 Å². The van der Waals surface area contributed by atoms with Crippen LogP contribution < -0.4 is 0 Å². The summed E-state index contributed by atoms with van der Waals surface area (Å²) in [7, 11) is 0. The van der Waals surface area contributed by atoms with E-state index in [4.69, 9.17) is 0 Å². The van der Waals surface area contributed by atoms with Crippen molar-refractivity contribution in [3.8, 4) is 0 Å². The van der Waals surface area contributed by atoms with Gasteiger partial charge < -0.3 is 10.2 Å². The summed E-state index contributed by atoms with van der Waals surface area (Å²) in [5.41, 5.74) is -0.297. The molecule has 0 aromatic heterocycles. The number of β-amino-alcohol motifs (C(OH)–C–C–N with tert-alkyl or cyclic N) is 2. The minimum atomic E-state index is -1.21. The predicted molar refractivity (Wildman–Crippen MR) is 58.4 cm³/mol. The van der Waals surface area contributed by atoms with Gasteiger partial charge in [0.2, 0.25) is 0 Å². The Kier molecular flexibility index (Phi) is 3.71. The molecule has 17 heavy (non-hydrogen) atoms. The first-order valence-electron chi connectivity index (χ1n) is 5.60. The van der Waals surface area contributed by atoms with Gasteiger partial charge in [0.1, 0.15) is 11.6 Å². The van der Waals surface area contributed by atoms with E-state index in [-0.39, 0.29) is 12.1 Å². The van der Waals surface area contributed by atoms with Crippen molar-refractivity contribution in [1.29, 1.82) is 0 Å². The van der Waals surface area contributed by atoms with Gasteiger partial charge in [0.15, 0.2) is 0 Å². The number of aliphatic hydroxyl groups is 2. The molecule has 2 rings (SSSR count). The van der Waals surface area contributed by atoms with Crippen LogP contribution in [0.5, 0.6) is 0 Å². The molecular formula is C12H15F2NO2. The van der Waals surface area contributed by atoms with Crippen molar-refractivity contribution >= 4 is 0 Å². The molecule has 1 saturated heterocycles. The SMILES string of the molecule is OC(CN1CC[C@H](O)C1)c1c(F)cccc1F. The van der Waals surface area contributed by atoms with Crippen LogP contribution in [-0.2, 0) is 0 Å². The number of hydrogen-bond donors (Lipinski definition) is 2. The highest BCUT2D eigenvalue weighted by Gasteiger charge is 2.25. The standard InChI is InChI=1S/C12H15F2NO2/c13-9-2-1-3-10(14)12(9)11(17)7-15-5-4-8(16)6-15/h1-3,8,11,16-17H,4-7H2/t8-,11?/m0/s1. The molecule has 1 aromatic rings. The molecule has 1 aliphatic rings. The highest BCUT2D eigenvalue weighted by molar-refractivity contribution is 5.22. The second-order valence-corrected chi connectivity index (χ2v) is 4.35. The largest absolute Gasteiger partial charge is 0.392 e. The molecule has 1 aromatic carbocycles. The van der Waals surface area contributed by atoms with Crippen LogP contribution in [0.4, 0.5) is 8.78 Å². The molecule has 3 nitrogen and oxygen atoms in total. The summed E-state index contributed by atoms with van der Waals surface area (Å²) in [6.45, 7) is 1.20. The Morgan fingerprint density at radius 1 is 1.35 bits per heavy atom. The highest BCUT2D eigenvalue weighted by atomic mass is 19.1. The molecular weight excluding hydrogens is 228 g/mol. The third kappa shape index (κ3) is 2.80. The molecule has 94 valence electrons. The van der Waals surface area contributed by atoms with Gasteiger partial charge in [0.05, 0.1) is 17.8 Å². The first-order chi connectivity index (χ1) is 8.08. The fourth-order valence-corrected chi connectivity index (χ4v) is 2.14. The van der Waals surface area contributed by atoms with Crippen LogP contribution in [-0.4, -0.2) is 40.9 Å². The number of hydrogen-bond acceptors (Lipinski definition) is 3. The maximum absolute atomic E-state index is 13.4. The van der Waals surface area contributed by atoms with Gasteiger partial charge in [-0.25, -0.2) is 8.78 Å². The van der Waals surface area contributed by atoms with Crippen molar-refractivity contribution in [2.24, 2.45) is 0 Å². The molecule has 0 aliphatic carbocycles. The van der Waals surface area contributed by atoms with Crippen molar-refractivity contribution < 1.29 is 19.0 Å². The van der Waals surface area contributed by atoms with E-state index < -0.39 is 23.8 Å². The monoisotopic (exact) mass is 243 g/mol. The first-order valence-corrected chi connectivity index (χ1v) is 5.60. The Balaban J connectivity index is 2.07. The predicted octanol–water partition coefficient (Wildman–Crippen LogP) is 1.06. The quantitative estimate of drug-likeness (QED) is 0.834. The van der Waals surface area contributed by atoms with Gasteiger partial charge in [0.25, 0.3) is 0 Å². The fourth-order valence-electron chi connectivity index (χ4n) is 2.14. The zero-order valence-corrected chi connectivity index (χ0v) is 9.31. The smallest absolute Gasteiger partial charge is 0.131 e. The Morgan fingerprint density at radius 3 is 2.53 bits per heavy atom. The van der Waals surface area contributed by atoms with E-state index in [9.17, 15) is 19.0 Å². The number of nitrogens with zero attached hydrogens (tertiary/aromatic N) is 1. The summed E-state index contributed by atoms with van der Waals surface area (Å²) < 4.78 is 26.8. The molecule has 5 heteroatoms. The number of rotatable bonds is 3. The summed E-state index contributed by atoms with van der Waals surface area (Å²) in [6.07, 6.45) is -0.985. The topological polar surface area (TPSA) is 43.7 Å². The second-order valence-electron chi connectivity index (χ2n) is 4.35. The van der Waals surface area contributed by atoms with E-state index in [0.717, 1.165) is 12.1 Å². The third-order valence-corrected chi connectivity index (χ3v) is 3.01. The summed E-state index contributed by atoms with van der Waals surface area (Å²) in [4.78, 5) is 1.79. The van der Waals surface area contributed by atoms with Gasteiger partial charge in [-0.05, 0) is 18.6 Å². The number of likely N-dealkylation sites (tertiary alicyclic amines) is 1. The van der Waals surface area contributed by atoms with Gasteiger partial charge in [-0.2, -0.15) is 0 Å². The van der Waals surface area contributed by atoms with E-state index in [2.05, 4.69) is 0 Å². The lowest BCUT2D eigenvalue weighted by molar-refractivity contribution is 0.108. The summed E-state index contributed by atoms with van der Waals surface area (Å²) in [5.74, 6) is -1.48. The van der Waals surface area contributed by atoms with Crippen LogP contribution in [0, 0.1) is 11.6 Å². The van der Waals surface area contributed by atoms with Gasteiger partial charge in [-0.3, -0.25) is 4.90 Å². The molecule has 2 atom stereocenters. The molecule has 1 unspecified atom stereocenters. The molecule has 0 spiro atoms. The van der Waals surface area contributed by atoms with E-state index in [0.29, 0.717) is 19.5 Å². The lowest BCUT2D eigenvalue weighted by Crippen LogP contribution is -2.28. The highest BCUT2D eigenvalue weighted by Crippen LogP contribution is 2.22.